The van der Waals surface area contributed by atoms with Crippen molar-refractivity contribution in [2.45, 2.75) is 31.9 Å². The van der Waals surface area contributed by atoms with Gasteiger partial charge in [0.25, 0.3) is 0 Å². The van der Waals surface area contributed by atoms with Crippen LogP contribution in [-0.2, 0) is 15.5 Å². The zero-order valence-corrected chi connectivity index (χ0v) is 19.5. The van der Waals surface area contributed by atoms with Crippen LogP contribution >= 0.6 is 24.0 Å². The number of methoxy groups -OCH3 is 1. The van der Waals surface area contributed by atoms with Gasteiger partial charge in [0.05, 0.1) is 6.61 Å². The number of hydrogen-bond donors (Lipinski definition) is 2. The van der Waals surface area contributed by atoms with E-state index in [-0.39, 0.29) is 28.7 Å². The smallest absolute Gasteiger partial charge is 0.195 e. The molecule has 1 atom stereocenters. The SMILES string of the molecule is CN=C(NCCS(=O)C(C)(C)C)Nc1cccc(OCCCOC)c1.I. The maximum Gasteiger partial charge on any atom is 0.195 e. The minimum atomic E-state index is -0.887. The maximum atomic E-state index is 12.1. The third-order valence-electron chi connectivity index (χ3n) is 3.34. The number of nitrogens with one attached hydrogen (secondary N) is 2. The van der Waals surface area contributed by atoms with Gasteiger partial charge in [-0.25, -0.2) is 0 Å². The van der Waals surface area contributed by atoms with Crippen molar-refractivity contribution in [2.24, 2.45) is 4.99 Å². The number of ether oxygens (including phenoxy) is 2. The largest absolute Gasteiger partial charge is 0.493 e. The fraction of sp³-hybridized carbons (Fsp3) is 0.611. The highest BCUT2D eigenvalue weighted by atomic mass is 127. The van der Waals surface area contributed by atoms with E-state index in [0.717, 1.165) is 17.9 Å². The zero-order chi connectivity index (χ0) is 18.7. The van der Waals surface area contributed by atoms with E-state index in [1.54, 1.807) is 14.2 Å². The number of aliphatic imine (C=N–C) groups is 1. The van der Waals surface area contributed by atoms with Crippen LogP contribution in [0, 0.1) is 0 Å². The molecule has 0 aromatic heterocycles. The van der Waals surface area contributed by atoms with E-state index in [9.17, 15) is 4.21 Å². The van der Waals surface area contributed by atoms with Gasteiger partial charge in [-0.15, -0.1) is 24.0 Å². The second kappa shape index (κ2) is 13.3. The quantitative estimate of drug-likeness (QED) is 0.237. The molecule has 1 aromatic carbocycles. The summed E-state index contributed by atoms with van der Waals surface area (Å²) in [5.74, 6) is 2.01. The van der Waals surface area contributed by atoms with Crippen molar-refractivity contribution in [3.63, 3.8) is 0 Å². The number of benzene rings is 1. The third-order valence-corrected chi connectivity index (χ3v) is 5.29. The Labute approximate surface area is 177 Å². The van der Waals surface area contributed by atoms with Gasteiger partial charge < -0.3 is 20.1 Å². The van der Waals surface area contributed by atoms with E-state index in [4.69, 9.17) is 9.47 Å². The first-order chi connectivity index (χ1) is 11.9. The van der Waals surface area contributed by atoms with Crippen LogP contribution in [0.4, 0.5) is 5.69 Å². The molecule has 0 spiro atoms. The zero-order valence-electron chi connectivity index (χ0n) is 16.3. The van der Waals surface area contributed by atoms with Crippen molar-refractivity contribution >= 4 is 46.4 Å². The van der Waals surface area contributed by atoms with E-state index < -0.39 is 10.8 Å². The molecular weight excluding hydrogens is 465 g/mol. The molecule has 0 saturated carbocycles. The van der Waals surface area contributed by atoms with Gasteiger partial charge in [0.1, 0.15) is 5.75 Å². The van der Waals surface area contributed by atoms with Crippen molar-refractivity contribution in [3.05, 3.63) is 24.3 Å². The van der Waals surface area contributed by atoms with Crippen molar-refractivity contribution in [3.8, 4) is 5.75 Å². The molecule has 1 aromatic rings. The molecule has 0 bridgehead atoms. The second-order valence-electron chi connectivity index (χ2n) is 6.51. The van der Waals surface area contributed by atoms with Gasteiger partial charge in [0.15, 0.2) is 5.96 Å². The van der Waals surface area contributed by atoms with E-state index in [0.29, 0.717) is 31.5 Å². The molecule has 0 fully saturated rings. The Balaban J connectivity index is 0.00000625. The van der Waals surface area contributed by atoms with Gasteiger partial charge in [-0.2, -0.15) is 0 Å². The molecule has 8 heteroatoms. The average Bonchev–Trinajstić information content (AvgIpc) is 2.57. The molecular formula is C18H32IN3O3S. The predicted octanol–water partition coefficient (Wildman–Crippen LogP) is 3.25. The van der Waals surface area contributed by atoms with Gasteiger partial charge in [-0.05, 0) is 32.9 Å². The summed E-state index contributed by atoms with van der Waals surface area (Å²) in [5, 5.41) is 6.41. The van der Waals surface area contributed by atoms with E-state index in [1.165, 1.54) is 0 Å². The Morgan fingerprint density at radius 3 is 2.62 bits per heavy atom. The van der Waals surface area contributed by atoms with Crippen LogP contribution in [0.5, 0.6) is 5.75 Å². The van der Waals surface area contributed by atoms with Gasteiger partial charge in [-0.1, -0.05) is 6.07 Å². The Hall–Kier alpha value is -0.870. The Morgan fingerprint density at radius 1 is 1.27 bits per heavy atom. The summed E-state index contributed by atoms with van der Waals surface area (Å²) in [5.41, 5.74) is 0.884. The van der Waals surface area contributed by atoms with Crippen LogP contribution < -0.4 is 15.4 Å². The molecule has 0 heterocycles. The number of halogens is 1. The molecule has 0 radical (unpaired) electrons. The molecule has 1 unspecified atom stereocenters. The summed E-state index contributed by atoms with van der Waals surface area (Å²) in [6, 6.07) is 7.71. The highest BCUT2D eigenvalue weighted by Crippen LogP contribution is 2.17. The minimum Gasteiger partial charge on any atom is -0.493 e. The van der Waals surface area contributed by atoms with E-state index in [2.05, 4.69) is 15.6 Å². The summed E-state index contributed by atoms with van der Waals surface area (Å²) in [4.78, 5) is 4.20. The predicted molar refractivity (Wildman–Crippen MR) is 122 cm³/mol. The summed E-state index contributed by atoms with van der Waals surface area (Å²) >= 11 is 0. The van der Waals surface area contributed by atoms with Gasteiger partial charge >= 0.3 is 0 Å². The van der Waals surface area contributed by atoms with Crippen molar-refractivity contribution in [2.75, 3.05) is 45.0 Å². The van der Waals surface area contributed by atoms with Crippen molar-refractivity contribution in [1.29, 1.82) is 0 Å². The molecule has 0 aliphatic carbocycles. The van der Waals surface area contributed by atoms with Crippen LogP contribution in [0.1, 0.15) is 27.2 Å². The second-order valence-corrected chi connectivity index (χ2v) is 8.83. The Kier molecular flexibility index (Phi) is 12.9. The Morgan fingerprint density at radius 2 is 2.00 bits per heavy atom. The average molecular weight is 497 g/mol. The first-order valence-electron chi connectivity index (χ1n) is 8.44. The lowest BCUT2D eigenvalue weighted by atomic mass is 10.3. The number of guanidine groups is 1. The lowest BCUT2D eigenvalue weighted by Gasteiger charge is -2.18. The van der Waals surface area contributed by atoms with E-state index >= 15 is 0 Å². The van der Waals surface area contributed by atoms with Gasteiger partial charge in [-0.3, -0.25) is 9.20 Å². The van der Waals surface area contributed by atoms with Crippen LogP contribution in [0.25, 0.3) is 0 Å². The maximum absolute atomic E-state index is 12.1. The van der Waals surface area contributed by atoms with Crippen LogP contribution in [0.15, 0.2) is 29.3 Å². The van der Waals surface area contributed by atoms with Crippen LogP contribution in [0.3, 0.4) is 0 Å². The molecule has 0 amide bonds. The highest BCUT2D eigenvalue weighted by molar-refractivity contribution is 14.0. The van der Waals surface area contributed by atoms with Crippen molar-refractivity contribution < 1.29 is 13.7 Å². The lowest BCUT2D eigenvalue weighted by molar-refractivity contribution is 0.172. The summed E-state index contributed by atoms with van der Waals surface area (Å²) in [7, 11) is 2.50. The first kappa shape index (κ1) is 25.1. The fourth-order valence-corrected chi connectivity index (χ4v) is 2.84. The molecule has 6 nitrogen and oxygen atoms in total. The lowest BCUT2D eigenvalue weighted by Crippen LogP contribution is -2.36. The monoisotopic (exact) mass is 497 g/mol. The molecule has 0 aliphatic heterocycles. The first-order valence-corrected chi connectivity index (χ1v) is 9.76. The summed E-state index contributed by atoms with van der Waals surface area (Å²) < 4.78 is 22.6. The summed E-state index contributed by atoms with van der Waals surface area (Å²) in [6.45, 7) is 7.83. The molecule has 2 N–H and O–H groups in total. The van der Waals surface area contributed by atoms with Crippen molar-refractivity contribution in [1.82, 2.24) is 5.32 Å². The minimum absolute atomic E-state index is 0. The summed E-state index contributed by atoms with van der Waals surface area (Å²) in [6.07, 6.45) is 0.850. The number of hydrogen-bond acceptors (Lipinski definition) is 4. The normalized spacial score (nSPS) is 12.9. The van der Waals surface area contributed by atoms with Gasteiger partial charge in [0.2, 0.25) is 0 Å². The van der Waals surface area contributed by atoms with Crippen LogP contribution in [0.2, 0.25) is 0 Å². The fourth-order valence-electron chi connectivity index (χ4n) is 1.94. The Bertz CT molecular complexity index is 577. The molecule has 1 rings (SSSR count). The number of rotatable bonds is 9. The van der Waals surface area contributed by atoms with Crippen LogP contribution in [-0.4, -0.2) is 54.6 Å². The number of anilines is 1. The topological polar surface area (TPSA) is 72.0 Å². The van der Waals surface area contributed by atoms with Gasteiger partial charge in [0, 0.05) is 66.8 Å². The standard InChI is InChI=1S/C18H31N3O3S.HI/c1-18(2,3)25(22)13-10-20-17(19-4)21-15-8-6-9-16(14-15)24-12-7-11-23-5;/h6,8-9,14H,7,10-13H2,1-5H3,(H2,19,20,21);1H. The number of nitrogens with zero attached hydrogens (tertiary/aromatic N) is 1. The molecule has 0 saturated heterocycles. The van der Waals surface area contributed by atoms with E-state index in [1.807, 2.05) is 45.0 Å². The molecule has 150 valence electrons. The molecule has 0 aliphatic rings. The highest BCUT2D eigenvalue weighted by Gasteiger charge is 2.18. The third kappa shape index (κ3) is 10.3. The molecule has 26 heavy (non-hydrogen) atoms.